The lowest BCUT2D eigenvalue weighted by molar-refractivity contribution is 0.380. The molecule has 0 saturated heterocycles. The zero-order valence-corrected chi connectivity index (χ0v) is 12.4. The zero-order valence-electron chi connectivity index (χ0n) is 12.4. The summed E-state index contributed by atoms with van der Waals surface area (Å²) in [6.45, 7) is 20.5. The number of nitrogens with zero attached hydrogens (tertiary/aromatic N) is 1. The average Bonchev–Trinajstić information content (AvgIpc) is 2.19. The molecule has 0 bridgehead atoms. The lowest BCUT2D eigenvalue weighted by Gasteiger charge is -2.27. The third-order valence-corrected chi connectivity index (χ3v) is 3.37. The standard InChI is InChI=1S/C15H27N/c1-10-11(2)16(15(7,8)9)12(3)13(10)14(4,5)6/h1-9H3. The van der Waals surface area contributed by atoms with Gasteiger partial charge in [-0.1, -0.05) is 20.8 Å². The van der Waals surface area contributed by atoms with Gasteiger partial charge in [0.2, 0.25) is 0 Å². The highest BCUT2D eigenvalue weighted by Crippen LogP contribution is 2.35. The summed E-state index contributed by atoms with van der Waals surface area (Å²) in [6.07, 6.45) is 0. The van der Waals surface area contributed by atoms with E-state index in [2.05, 4.69) is 66.9 Å². The molecule has 0 radical (unpaired) electrons. The molecule has 0 unspecified atom stereocenters. The first-order valence-electron chi connectivity index (χ1n) is 6.17. The van der Waals surface area contributed by atoms with Crippen molar-refractivity contribution in [2.75, 3.05) is 0 Å². The van der Waals surface area contributed by atoms with Gasteiger partial charge in [-0.25, -0.2) is 0 Å². The van der Waals surface area contributed by atoms with Crippen LogP contribution in [-0.2, 0) is 11.0 Å². The summed E-state index contributed by atoms with van der Waals surface area (Å²) in [4.78, 5) is 0. The van der Waals surface area contributed by atoms with E-state index in [1.54, 1.807) is 0 Å². The van der Waals surface area contributed by atoms with Crippen LogP contribution in [0.5, 0.6) is 0 Å². The van der Waals surface area contributed by atoms with Crippen LogP contribution in [0.2, 0.25) is 0 Å². The Kier molecular flexibility index (Phi) is 3.04. The largest absolute Gasteiger partial charge is 0.343 e. The molecule has 0 aliphatic heterocycles. The lowest BCUT2D eigenvalue weighted by Crippen LogP contribution is -2.25. The number of rotatable bonds is 0. The van der Waals surface area contributed by atoms with Crippen LogP contribution >= 0.6 is 0 Å². The fourth-order valence-electron chi connectivity index (χ4n) is 3.09. The summed E-state index contributed by atoms with van der Waals surface area (Å²) in [6, 6.07) is 0. The molecule has 1 heterocycles. The lowest BCUT2D eigenvalue weighted by atomic mass is 9.84. The molecule has 1 rings (SSSR count). The molecule has 0 spiro atoms. The van der Waals surface area contributed by atoms with Crippen molar-refractivity contribution in [1.82, 2.24) is 4.57 Å². The molecule has 0 amide bonds. The molecule has 0 aliphatic carbocycles. The topological polar surface area (TPSA) is 4.93 Å². The second kappa shape index (κ2) is 3.65. The van der Waals surface area contributed by atoms with E-state index in [1.165, 1.54) is 22.5 Å². The minimum absolute atomic E-state index is 0.169. The van der Waals surface area contributed by atoms with Gasteiger partial charge in [0, 0.05) is 16.9 Å². The van der Waals surface area contributed by atoms with Crippen LogP contribution in [0.3, 0.4) is 0 Å². The smallest absolute Gasteiger partial charge is 0.0360 e. The van der Waals surface area contributed by atoms with E-state index in [9.17, 15) is 0 Å². The van der Waals surface area contributed by atoms with Crippen LogP contribution in [-0.4, -0.2) is 4.57 Å². The van der Waals surface area contributed by atoms with Crippen molar-refractivity contribution in [3.8, 4) is 0 Å². The van der Waals surface area contributed by atoms with Gasteiger partial charge in [-0.3, -0.25) is 0 Å². The van der Waals surface area contributed by atoms with Gasteiger partial charge in [-0.15, -0.1) is 0 Å². The molecular formula is C15H27N. The van der Waals surface area contributed by atoms with E-state index in [1.807, 2.05) is 0 Å². The molecule has 0 N–H and O–H groups in total. The fourth-order valence-corrected chi connectivity index (χ4v) is 3.09. The van der Waals surface area contributed by atoms with Crippen molar-refractivity contribution in [3.63, 3.8) is 0 Å². The quantitative estimate of drug-likeness (QED) is 0.609. The SMILES string of the molecule is Cc1c(C(C)(C)C)c(C)n(C(C)(C)C)c1C. The Balaban J connectivity index is 3.59. The van der Waals surface area contributed by atoms with Crippen LogP contribution in [0.25, 0.3) is 0 Å². The van der Waals surface area contributed by atoms with E-state index in [-0.39, 0.29) is 11.0 Å². The summed E-state index contributed by atoms with van der Waals surface area (Å²) in [5.74, 6) is 0. The van der Waals surface area contributed by atoms with Crippen molar-refractivity contribution in [1.29, 1.82) is 0 Å². The normalized spacial score (nSPS) is 13.3. The third-order valence-electron chi connectivity index (χ3n) is 3.37. The van der Waals surface area contributed by atoms with Gasteiger partial charge >= 0.3 is 0 Å². The molecule has 1 aromatic rings. The Labute approximate surface area is 101 Å². The highest BCUT2D eigenvalue weighted by atomic mass is 15.1. The summed E-state index contributed by atoms with van der Waals surface area (Å²) >= 11 is 0. The molecule has 0 atom stereocenters. The first-order valence-corrected chi connectivity index (χ1v) is 6.17. The predicted octanol–water partition coefficient (Wildman–Crippen LogP) is 4.47. The summed E-state index contributed by atoms with van der Waals surface area (Å²) in [5.41, 5.74) is 6.21. The fraction of sp³-hybridized carbons (Fsp3) is 0.733. The highest BCUT2D eigenvalue weighted by molar-refractivity contribution is 5.42. The minimum atomic E-state index is 0.169. The van der Waals surface area contributed by atoms with Gasteiger partial charge in [-0.05, 0) is 58.1 Å². The van der Waals surface area contributed by atoms with Gasteiger partial charge in [0.1, 0.15) is 0 Å². The monoisotopic (exact) mass is 221 g/mol. The average molecular weight is 221 g/mol. The van der Waals surface area contributed by atoms with Crippen molar-refractivity contribution in [2.45, 2.75) is 73.3 Å². The number of hydrogen-bond acceptors (Lipinski definition) is 0. The van der Waals surface area contributed by atoms with Crippen molar-refractivity contribution in [3.05, 3.63) is 22.5 Å². The van der Waals surface area contributed by atoms with Crippen LogP contribution < -0.4 is 0 Å². The van der Waals surface area contributed by atoms with E-state index >= 15 is 0 Å². The zero-order chi connectivity index (χ0) is 12.9. The molecule has 92 valence electrons. The first kappa shape index (κ1) is 13.3. The minimum Gasteiger partial charge on any atom is -0.343 e. The van der Waals surface area contributed by atoms with Crippen molar-refractivity contribution >= 4 is 0 Å². The highest BCUT2D eigenvalue weighted by Gasteiger charge is 2.28. The Morgan fingerprint density at radius 3 is 1.38 bits per heavy atom. The molecule has 0 saturated carbocycles. The molecule has 1 nitrogen and oxygen atoms in total. The number of hydrogen-bond donors (Lipinski definition) is 0. The third kappa shape index (κ3) is 2.05. The van der Waals surface area contributed by atoms with Crippen LogP contribution in [0.1, 0.15) is 64.1 Å². The molecule has 1 aromatic heterocycles. The maximum Gasteiger partial charge on any atom is 0.0360 e. The van der Waals surface area contributed by atoms with Crippen LogP contribution in [0.4, 0.5) is 0 Å². The maximum atomic E-state index is 2.48. The first-order chi connectivity index (χ1) is 6.98. The Morgan fingerprint density at radius 1 is 0.750 bits per heavy atom. The van der Waals surface area contributed by atoms with Gasteiger partial charge in [0.25, 0.3) is 0 Å². The molecule has 0 aromatic carbocycles. The summed E-state index contributed by atoms with van der Waals surface area (Å²) in [5, 5.41) is 0. The Morgan fingerprint density at radius 2 is 1.19 bits per heavy atom. The second-order valence-electron chi connectivity index (χ2n) is 6.93. The molecule has 16 heavy (non-hydrogen) atoms. The van der Waals surface area contributed by atoms with Gasteiger partial charge in [0.15, 0.2) is 0 Å². The molecular weight excluding hydrogens is 194 g/mol. The Bertz CT molecular complexity index is 357. The summed E-state index contributed by atoms with van der Waals surface area (Å²) in [7, 11) is 0. The summed E-state index contributed by atoms with van der Waals surface area (Å²) < 4.78 is 2.48. The van der Waals surface area contributed by atoms with Gasteiger partial charge < -0.3 is 4.57 Å². The Hall–Kier alpha value is -0.720. The van der Waals surface area contributed by atoms with E-state index < -0.39 is 0 Å². The molecule has 1 heteroatoms. The van der Waals surface area contributed by atoms with E-state index in [0.29, 0.717) is 0 Å². The van der Waals surface area contributed by atoms with E-state index in [4.69, 9.17) is 0 Å². The predicted molar refractivity (Wildman–Crippen MR) is 72.3 cm³/mol. The maximum absolute atomic E-state index is 2.48. The van der Waals surface area contributed by atoms with Gasteiger partial charge in [-0.2, -0.15) is 0 Å². The number of aromatic nitrogens is 1. The van der Waals surface area contributed by atoms with Crippen LogP contribution in [0.15, 0.2) is 0 Å². The molecule has 0 aliphatic rings. The van der Waals surface area contributed by atoms with Crippen molar-refractivity contribution < 1.29 is 0 Å². The second-order valence-corrected chi connectivity index (χ2v) is 6.93. The van der Waals surface area contributed by atoms with Crippen molar-refractivity contribution in [2.24, 2.45) is 0 Å². The van der Waals surface area contributed by atoms with Crippen LogP contribution in [0, 0.1) is 20.8 Å². The van der Waals surface area contributed by atoms with Gasteiger partial charge in [0.05, 0.1) is 0 Å². The van der Waals surface area contributed by atoms with E-state index in [0.717, 1.165) is 0 Å². The molecule has 0 fully saturated rings.